The zero-order valence-corrected chi connectivity index (χ0v) is 20.3. The van der Waals surface area contributed by atoms with E-state index in [1.54, 1.807) is 29.2 Å². The van der Waals surface area contributed by atoms with E-state index in [2.05, 4.69) is 26.0 Å². The highest BCUT2D eigenvalue weighted by atomic mass is 35.5. The zero-order valence-electron chi connectivity index (χ0n) is 17.9. The van der Waals surface area contributed by atoms with Crippen molar-refractivity contribution in [3.63, 3.8) is 0 Å². The monoisotopic (exact) mass is 475 g/mol. The largest absolute Gasteiger partial charge is 0.490 e. The number of thioether (sulfide) groups is 1. The number of hydrogen-bond acceptors (Lipinski definition) is 5. The van der Waals surface area contributed by atoms with Crippen molar-refractivity contribution >= 4 is 51.9 Å². The van der Waals surface area contributed by atoms with Gasteiger partial charge >= 0.3 is 0 Å². The maximum Gasteiger partial charge on any atom is 0.266 e. The minimum Gasteiger partial charge on any atom is -0.490 e. The molecule has 164 valence electrons. The van der Waals surface area contributed by atoms with E-state index < -0.39 is 0 Å². The van der Waals surface area contributed by atoms with Crippen LogP contribution in [0.3, 0.4) is 0 Å². The van der Waals surface area contributed by atoms with Gasteiger partial charge in [0.15, 0.2) is 0 Å². The molecule has 1 aliphatic heterocycles. The number of hydrogen-bond donors (Lipinski definition) is 0. The smallest absolute Gasteiger partial charge is 0.266 e. The Balaban J connectivity index is 1.62. The summed E-state index contributed by atoms with van der Waals surface area (Å²) >= 11 is 12.7. The molecule has 0 aromatic heterocycles. The SMILES string of the molecule is CC[C@@H](C)c1ccc(OCCOc2ccc(Cl)cc2/C=C2\SC(=S)N(CC)C2=O)cc1. The first-order valence-corrected chi connectivity index (χ1v) is 11.9. The van der Waals surface area contributed by atoms with Gasteiger partial charge in [0.25, 0.3) is 5.91 Å². The Hall–Kier alpha value is -2.02. The summed E-state index contributed by atoms with van der Waals surface area (Å²) in [7, 11) is 0. The molecule has 1 heterocycles. The standard InChI is InChI=1S/C24H26ClNO3S2/c1-4-16(3)17-6-9-20(10-7-17)28-12-13-29-21-11-8-19(25)14-18(21)15-22-23(27)26(5-2)24(30)31-22/h6-11,14-16H,4-5,12-13H2,1-3H3/b22-15-/t16-/m1/s1. The van der Waals surface area contributed by atoms with Crippen molar-refractivity contribution in [3.05, 3.63) is 63.5 Å². The van der Waals surface area contributed by atoms with Gasteiger partial charge < -0.3 is 9.47 Å². The van der Waals surface area contributed by atoms with Crippen LogP contribution in [0.5, 0.6) is 11.5 Å². The van der Waals surface area contributed by atoms with Gasteiger partial charge in [0.1, 0.15) is 29.0 Å². The molecule has 1 fully saturated rings. The number of likely N-dealkylation sites (N-methyl/N-ethyl adjacent to an activating group) is 1. The summed E-state index contributed by atoms with van der Waals surface area (Å²) in [6, 6.07) is 13.5. The molecule has 0 bridgehead atoms. The molecular weight excluding hydrogens is 450 g/mol. The molecule has 0 spiro atoms. The zero-order chi connectivity index (χ0) is 22.4. The molecule has 0 N–H and O–H groups in total. The third kappa shape index (κ3) is 6.03. The molecule has 0 saturated carbocycles. The summed E-state index contributed by atoms with van der Waals surface area (Å²) < 4.78 is 12.3. The molecule has 1 amide bonds. The van der Waals surface area contributed by atoms with Crippen LogP contribution in [-0.4, -0.2) is 34.9 Å². The molecule has 0 radical (unpaired) electrons. The van der Waals surface area contributed by atoms with E-state index in [1.165, 1.54) is 17.3 Å². The Kier molecular flexibility index (Phi) is 8.41. The van der Waals surface area contributed by atoms with Gasteiger partial charge in [-0.2, -0.15) is 0 Å². The fraction of sp³-hybridized carbons (Fsp3) is 0.333. The van der Waals surface area contributed by atoms with E-state index in [0.717, 1.165) is 17.7 Å². The van der Waals surface area contributed by atoms with Gasteiger partial charge in [-0.05, 0) is 61.2 Å². The second-order valence-electron chi connectivity index (χ2n) is 7.18. The predicted octanol–water partition coefficient (Wildman–Crippen LogP) is 6.53. The number of halogens is 1. The second-order valence-corrected chi connectivity index (χ2v) is 9.30. The summed E-state index contributed by atoms with van der Waals surface area (Å²) in [6.45, 7) is 7.63. The Bertz CT molecular complexity index is 975. The van der Waals surface area contributed by atoms with Gasteiger partial charge in [-0.25, -0.2) is 0 Å². The van der Waals surface area contributed by atoms with Crippen molar-refractivity contribution in [1.29, 1.82) is 0 Å². The lowest BCUT2D eigenvalue weighted by Gasteiger charge is -2.13. The van der Waals surface area contributed by atoms with Crippen molar-refractivity contribution in [3.8, 4) is 11.5 Å². The van der Waals surface area contributed by atoms with Crippen molar-refractivity contribution in [2.45, 2.75) is 33.1 Å². The van der Waals surface area contributed by atoms with E-state index in [9.17, 15) is 4.79 Å². The van der Waals surface area contributed by atoms with E-state index in [1.807, 2.05) is 19.1 Å². The summed E-state index contributed by atoms with van der Waals surface area (Å²) in [4.78, 5) is 14.7. The van der Waals surface area contributed by atoms with Gasteiger partial charge in [0, 0.05) is 17.1 Å². The maximum absolute atomic E-state index is 12.5. The molecule has 3 rings (SSSR count). The topological polar surface area (TPSA) is 38.8 Å². The number of rotatable bonds is 9. The Labute approximate surface area is 198 Å². The van der Waals surface area contributed by atoms with E-state index >= 15 is 0 Å². The van der Waals surface area contributed by atoms with Crippen LogP contribution in [0.4, 0.5) is 0 Å². The fourth-order valence-electron chi connectivity index (χ4n) is 3.12. The van der Waals surface area contributed by atoms with Crippen molar-refractivity contribution in [2.75, 3.05) is 19.8 Å². The molecule has 4 nitrogen and oxygen atoms in total. The lowest BCUT2D eigenvalue weighted by atomic mass is 9.99. The summed E-state index contributed by atoms with van der Waals surface area (Å²) in [5, 5.41) is 0.571. The quantitative estimate of drug-likeness (QED) is 0.234. The summed E-state index contributed by atoms with van der Waals surface area (Å²) in [6.07, 6.45) is 2.89. The lowest BCUT2D eigenvalue weighted by molar-refractivity contribution is -0.121. The number of thiocarbonyl (C=S) groups is 1. The molecule has 7 heteroatoms. The van der Waals surface area contributed by atoms with Crippen LogP contribution < -0.4 is 9.47 Å². The number of ether oxygens (including phenoxy) is 2. The Morgan fingerprint density at radius 1 is 1.13 bits per heavy atom. The van der Waals surface area contributed by atoms with E-state index in [-0.39, 0.29) is 5.91 Å². The first kappa shape index (κ1) is 23.6. The number of amides is 1. The molecule has 2 aromatic carbocycles. The van der Waals surface area contributed by atoms with Gasteiger partial charge in [0.2, 0.25) is 0 Å². The van der Waals surface area contributed by atoms with Crippen LogP contribution in [0.2, 0.25) is 5.02 Å². The highest BCUT2D eigenvalue weighted by molar-refractivity contribution is 8.26. The fourth-order valence-corrected chi connectivity index (χ4v) is 4.67. The molecule has 1 saturated heterocycles. The first-order chi connectivity index (χ1) is 14.9. The first-order valence-electron chi connectivity index (χ1n) is 10.3. The van der Waals surface area contributed by atoms with Crippen LogP contribution >= 0.6 is 35.6 Å². The summed E-state index contributed by atoms with van der Waals surface area (Å²) in [5.41, 5.74) is 2.05. The number of benzene rings is 2. The highest BCUT2D eigenvalue weighted by Crippen LogP contribution is 2.35. The second kappa shape index (κ2) is 11.0. The molecule has 1 atom stereocenters. The molecule has 0 unspecified atom stereocenters. The Morgan fingerprint density at radius 3 is 2.48 bits per heavy atom. The van der Waals surface area contributed by atoms with Gasteiger partial charge in [-0.1, -0.05) is 61.6 Å². The Morgan fingerprint density at radius 2 is 1.84 bits per heavy atom. The highest BCUT2D eigenvalue weighted by Gasteiger charge is 2.30. The van der Waals surface area contributed by atoms with Crippen molar-refractivity contribution in [2.24, 2.45) is 0 Å². The van der Waals surface area contributed by atoms with Gasteiger partial charge in [0.05, 0.1) is 4.91 Å². The minimum absolute atomic E-state index is 0.0902. The van der Waals surface area contributed by atoms with E-state index in [0.29, 0.717) is 45.7 Å². The molecule has 2 aromatic rings. The van der Waals surface area contributed by atoms with Crippen molar-refractivity contribution < 1.29 is 14.3 Å². The van der Waals surface area contributed by atoms with Crippen LogP contribution in [0.15, 0.2) is 47.4 Å². The number of carbonyl (C=O) groups is 1. The molecule has 0 aliphatic carbocycles. The van der Waals surface area contributed by atoms with Crippen LogP contribution in [0, 0.1) is 0 Å². The average Bonchev–Trinajstić information content (AvgIpc) is 3.04. The van der Waals surface area contributed by atoms with E-state index in [4.69, 9.17) is 33.3 Å². The van der Waals surface area contributed by atoms with Crippen LogP contribution in [-0.2, 0) is 4.79 Å². The van der Waals surface area contributed by atoms with Crippen molar-refractivity contribution in [1.82, 2.24) is 4.90 Å². The van der Waals surface area contributed by atoms with Crippen LogP contribution in [0.1, 0.15) is 44.2 Å². The molecule has 31 heavy (non-hydrogen) atoms. The minimum atomic E-state index is -0.0902. The maximum atomic E-state index is 12.5. The number of carbonyl (C=O) groups excluding carboxylic acids is 1. The molecule has 1 aliphatic rings. The van der Waals surface area contributed by atoms with Gasteiger partial charge in [-0.15, -0.1) is 0 Å². The normalized spacial score (nSPS) is 16.1. The summed E-state index contributed by atoms with van der Waals surface area (Å²) in [5.74, 6) is 1.91. The third-order valence-corrected chi connectivity index (χ3v) is 6.73. The van der Waals surface area contributed by atoms with Crippen LogP contribution in [0.25, 0.3) is 6.08 Å². The number of nitrogens with zero attached hydrogens (tertiary/aromatic N) is 1. The third-order valence-electron chi connectivity index (χ3n) is 5.12. The molecular formula is C24H26ClNO3S2. The predicted molar refractivity (Wildman–Crippen MR) is 133 cm³/mol. The van der Waals surface area contributed by atoms with Gasteiger partial charge in [-0.3, -0.25) is 9.69 Å². The lowest BCUT2D eigenvalue weighted by Crippen LogP contribution is -2.27. The average molecular weight is 476 g/mol.